The summed E-state index contributed by atoms with van der Waals surface area (Å²) in [5, 5.41) is 3.91. The topological polar surface area (TPSA) is 0 Å². The van der Waals surface area contributed by atoms with Gasteiger partial charge in [0.05, 0.1) is 5.38 Å². The van der Waals surface area contributed by atoms with E-state index in [9.17, 15) is 0 Å². The Morgan fingerprint density at radius 3 is 2.89 bits per heavy atom. The standard InChI is InChI=1S/C17H19ClS/c1-17(2)9-12(8-14(18)10-17)7-13-11-19-16-6-4-3-5-15(13)16/h3-6,8,11,14H,7,9-10H2,1-2H3. The number of hydrogen-bond acceptors (Lipinski definition) is 1. The highest BCUT2D eigenvalue weighted by atomic mass is 35.5. The van der Waals surface area contributed by atoms with Crippen LogP contribution in [0.5, 0.6) is 0 Å². The molecule has 3 rings (SSSR count). The molecule has 0 amide bonds. The van der Waals surface area contributed by atoms with Crippen LogP contribution in [0.25, 0.3) is 10.1 Å². The molecular formula is C17H19ClS. The van der Waals surface area contributed by atoms with E-state index in [-0.39, 0.29) is 5.38 Å². The molecular weight excluding hydrogens is 272 g/mol. The van der Waals surface area contributed by atoms with Crippen molar-refractivity contribution < 1.29 is 0 Å². The van der Waals surface area contributed by atoms with E-state index >= 15 is 0 Å². The average Bonchev–Trinajstić information content (AvgIpc) is 2.70. The SMILES string of the molecule is CC1(C)CC(Cc2csc3ccccc23)=CC(Cl)C1. The summed E-state index contributed by atoms with van der Waals surface area (Å²) in [5.74, 6) is 0. The van der Waals surface area contributed by atoms with E-state index < -0.39 is 0 Å². The van der Waals surface area contributed by atoms with Gasteiger partial charge >= 0.3 is 0 Å². The Morgan fingerprint density at radius 1 is 1.32 bits per heavy atom. The summed E-state index contributed by atoms with van der Waals surface area (Å²) < 4.78 is 1.38. The quantitative estimate of drug-likeness (QED) is 0.484. The number of hydrogen-bond donors (Lipinski definition) is 0. The minimum absolute atomic E-state index is 0.198. The molecule has 1 unspecified atom stereocenters. The van der Waals surface area contributed by atoms with Crippen LogP contribution in [-0.2, 0) is 6.42 Å². The maximum atomic E-state index is 6.38. The molecule has 1 heterocycles. The Morgan fingerprint density at radius 2 is 2.11 bits per heavy atom. The molecule has 0 nitrogen and oxygen atoms in total. The fourth-order valence-electron chi connectivity index (χ4n) is 3.12. The fraction of sp³-hybridized carbons (Fsp3) is 0.412. The van der Waals surface area contributed by atoms with Crippen molar-refractivity contribution in [3.05, 3.63) is 46.9 Å². The van der Waals surface area contributed by atoms with Crippen molar-refractivity contribution in [3.8, 4) is 0 Å². The Balaban J connectivity index is 1.89. The zero-order valence-corrected chi connectivity index (χ0v) is 13.0. The second-order valence-corrected chi connectivity index (χ2v) is 7.79. The molecule has 0 fully saturated rings. The van der Waals surface area contributed by atoms with Crippen molar-refractivity contribution in [1.82, 2.24) is 0 Å². The third-order valence-electron chi connectivity index (χ3n) is 3.85. The second kappa shape index (κ2) is 4.96. The molecule has 1 aliphatic rings. The van der Waals surface area contributed by atoms with Crippen molar-refractivity contribution in [1.29, 1.82) is 0 Å². The van der Waals surface area contributed by atoms with Crippen LogP contribution in [-0.4, -0.2) is 5.38 Å². The van der Waals surface area contributed by atoms with Crippen LogP contribution >= 0.6 is 22.9 Å². The van der Waals surface area contributed by atoms with Gasteiger partial charge in [0.15, 0.2) is 0 Å². The Bertz CT molecular complexity index is 621. The van der Waals surface area contributed by atoms with Gasteiger partial charge in [-0.25, -0.2) is 0 Å². The smallest absolute Gasteiger partial charge is 0.0523 e. The monoisotopic (exact) mass is 290 g/mol. The number of rotatable bonds is 2. The molecule has 0 N–H and O–H groups in total. The first-order valence-corrected chi connectivity index (χ1v) is 8.14. The van der Waals surface area contributed by atoms with Crippen LogP contribution in [0, 0.1) is 5.41 Å². The largest absolute Gasteiger partial charge is 0.144 e. The molecule has 1 atom stereocenters. The van der Waals surface area contributed by atoms with Gasteiger partial charge in [-0.2, -0.15) is 0 Å². The third kappa shape index (κ3) is 2.88. The van der Waals surface area contributed by atoms with Crippen molar-refractivity contribution in [2.45, 2.75) is 38.5 Å². The number of alkyl halides is 1. The van der Waals surface area contributed by atoms with E-state index in [4.69, 9.17) is 11.6 Å². The van der Waals surface area contributed by atoms with Crippen molar-refractivity contribution >= 4 is 33.0 Å². The third-order valence-corrected chi connectivity index (χ3v) is 5.14. The summed E-state index contributed by atoms with van der Waals surface area (Å²) >= 11 is 8.22. The van der Waals surface area contributed by atoms with Crippen LogP contribution in [0.1, 0.15) is 32.3 Å². The summed E-state index contributed by atoms with van der Waals surface area (Å²) in [5.41, 5.74) is 3.29. The molecule has 0 saturated heterocycles. The molecule has 1 aliphatic carbocycles. The van der Waals surface area contributed by atoms with E-state index in [1.807, 2.05) is 11.3 Å². The number of thiophene rings is 1. The molecule has 0 spiro atoms. The van der Waals surface area contributed by atoms with Gasteiger partial charge in [0.25, 0.3) is 0 Å². The van der Waals surface area contributed by atoms with E-state index in [1.165, 1.54) is 27.6 Å². The molecule has 2 heteroatoms. The number of allylic oxidation sites excluding steroid dienone is 2. The van der Waals surface area contributed by atoms with E-state index in [0.717, 1.165) is 12.8 Å². The minimum Gasteiger partial charge on any atom is -0.144 e. The lowest BCUT2D eigenvalue weighted by Gasteiger charge is -2.32. The Kier molecular flexibility index (Phi) is 3.44. The first-order chi connectivity index (χ1) is 9.03. The maximum absolute atomic E-state index is 6.38. The summed E-state index contributed by atoms with van der Waals surface area (Å²) in [7, 11) is 0. The normalized spacial score (nSPS) is 22.5. The van der Waals surface area contributed by atoms with Gasteiger partial charge < -0.3 is 0 Å². The van der Waals surface area contributed by atoms with Gasteiger partial charge in [0.1, 0.15) is 0 Å². The molecule has 0 radical (unpaired) electrons. The summed E-state index contributed by atoms with van der Waals surface area (Å²) in [6.07, 6.45) is 5.58. The van der Waals surface area contributed by atoms with E-state index in [0.29, 0.717) is 5.41 Å². The van der Waals surface area contributed by atoms with Gasteiger partial charge in [-0.15, -0.1) is 22.9 Å². The second-order valence-electron chi connectivity index (χ2n) is 6.32. The summed E-state index contributed by atoms with van der Waals surface area (Å²) in [6.45, 7) is 4.64. The average molecular weight is 291 g/mol. The Labute approximate surface area is 124 Å². The molecule has 0 aliphatic heterocycles. The number of halogens is 1. The lowest BCUT2D eigenvalue weighted by molar-refractivity contribution is 0.320. The first-order valence-electron chi connectivity index (χ1n) is 6.82. The number of fused-ring (bicyclic) bond motifs is 1. The van der Waals surface area contributed by atoms with Gasteiger partial charge in [-0.3, -0.25) is 0 Å². The van der Waals surface area contributed by atoms with Gasteiger partial charge in [-0.05, 0) is 47.1 Å². The molecule has 0 bridgehead atoms. The van der Waals surface area contributed by atoms with Crippen molar-refractivity contribution in [3.63, 3.8) is 0 Å². The highest BCUT2D eigenvalue weighted by molar-refractivity contribution is 7.17. The predicted molar refractivity (Wildman–Crippen MR) is 86.3 cm³/mol. The molecule has 0 saturated carbocycles. The molecule has 1 aromatic heterocycles. The van der Waals surface area contributed by atoms with Crippen LogP contribution in [0.2, 0.25) is 0 Å². The zero-order chi connectivity index (χ0) is 13.5. The highest BCUT2D eigenvalue weighted by Gasteiger charge is 2.27. The lowest BCUT2D eigenvalue weighted by Crippen LogP contribution is -2.22. The van der Waals surface area contributed by atoms with Crippen LogP contribution in [0.3, 0.4) is 0 Å². The van der Waals surface area contributed by atoms with Crippen LogP contribution in [0.15, 0.2) is 41.3 Å². The molecule has 2 aromatic rings. The fourth-order valence-corrected chi connectivity index (χ4v) is 4.68. The minimum atomic E-state index is 0.198. The zero-order valence-electron chi connectivity index (χ0n) is 11.4. The van der Waals surface area contributed by atoms with E-state index in [1.54, 1.807) is 0 Å². The number of benzene rings is 1. The predicted octanol–water partition coefficient (Wildman–Crippen LogP) is 5.80. The summed E-state index contributed by atoms with van der Waals surface area (Å²) in [6, 6.07) is 8.67. The maximum Gasteiger partial charge on any atom is 0.0523 e. The van der Waals surface area contributed by atoms with Crippen LogP contribution < -0.4 is 0 Å². The summed E-state index contributed by atoms with van der Waals surface area (Å²) in [4.78, 5) is 0. The lowest BCUT2D eigenvalue weighted by atomic mass is 9.76. The van der Waals surface area contributed by atoms with Gasteiger partial charge in [0, 0.05) is 4.70 Å². The van der Waals surface area contributed by atoms with E-state index in [2.05, 4.69) is 49.6 Å². The van der Waals surface area contributed by atoms with Crippen LogP contribution in [0.4, 0.5) is 0 Å². The van der Waals surface area contributed by atoms with Gasteiger partial charge in [0.2, 0.25) is 0 Å². The van der Waals surface area contributed by atoms with Gasteiger partial charge in [-0.1, -0.05) is 43.7 Å². The first kappa shape index (κ1) is 13.2. The Hall–Kier alpha value is -0.790. The van der Waals surface area contributed by atoms with Crippen molar-refractivity contribution in [2.75, 3.05) is 0 Å². The molecule has 100 valence electrons. The highest BCUT2D eigenvalue weighted by Crippen LogP contribution is 2.39. The van der Waals surface area contributed by atoms with Crippen molar-refractivity contribution in [2.24, 2.45) is 5.41 Å². The molecule has 19 heavy (non-hydrogen) atoms. The molecule has 1 aromatic carbocycles.